The zero-order chi connectivity index (χ0) is 15.5. The van der Waals surface area contributed by atoms with Crippen molar-refractivity contribution >= 4 is 23.5 Å². The Morgan fingerprint density at radius 1 is 1.35 bits per heavy atom. The molecule has 0 fully saturated rings. The fourth-order valence-corrected chi connectivity index (χ4v) is 1.84. The van der Waals surface area contributed by atoms with E-state index in [0.29, 0.717) is 5.56 Å². The maximum atomic E-state index is 11.8. The molecule has 0 aliphatic heterocycles. The highest BCUT2D eigenvalue weighted by Gasteiger charge is 2.23. The Morgan fingerprint density at radius 3 is 2.40 bits per heavy atom. The van der Waals surface area contributed by atoms with Crippen LogP contribution in [0.2, 0.25) is 5.02 Å². The molecular weight excluding hydrogens is 282 g/mol. The van der Waals surface area contributed by atoms with Crippen molar-refractivity contribution in [2.45, 2.75) is 27.3 Å². The number of nitrogens with one attached hydrogen (secondary N) is 1. The molecule has 0 bridgehead atoms. The molecule has 0 saturated carbocycles. The zero-order valence-corrected chi connectivity index (χ0v) is 12.7. The van der Waals surface area contributed by atoms with E-state index in [0.717, 1.165) is 0 Å². The summed E-state index contributed by atoms with van der Waals surface area (Å²) in [5.41, 5.74) is -0.0569. The van der Waals surface area contributed by atoms with Crippen LogP contribution >= 0.6 is 11.6 Å². The van der Waals surface area contributed by atoms with E-state index in [4.69, 9.17) is 21.4 Å². The predicted octanol–water partition coefficient (Wildman–Crippen LogP) is 2.71. The van der Waals surface area contributed by atoms with Gasteiger partial charge in [0.15, 0.2) is 0 Å². The molecule has 1 rings (SSSR count). The first-order valence-corrected chi connectivity index (χ1v) is 6.43. The second-order valence-electron chi connectivity index (χ2n) is 5.35. The number of amides is 1. The Labute approximate surface area is 122 Å². The maximum absolute atomic E-state index is 11.8. The van der Waals surface area contributed by atoms with Crippen LogP contribution in [0.5, 0.6) is 5.75 Å². The van der Waals surface area contributed by atoms with Gasteiger partial charge in [-0.05, 0) is 6.07 Å². The molecule has 1 aromatic carbocycles. The largest absolute Gasteiger partial charge is 0.495 e. The molecule has 5 nitrogen and oxygen atoms in total. The van der Waals surface area contributed by atoms with Crippen LogP contribution in [-0.2, 0) is 11.3 Å². The molecule has 0 saturated heterocycles. The SMILES string of the molecule is COc1c(CNC(=O)C(C)(C)C)ccc(Cl)c1C(=O)O. The van der Waals surface area contributed by atoms with Gasteiger partial charge in [0.25, 0.3) is 0 Å². The molecule has 1 aromatic rings. The summed E-state index contributed by atoms with van der Waals surface area (Å²) >= 11 is 5.86. The van der Waals surface area contributed by atoms with Crippen molar-refractivity contribution in [3.05, 3.63) is 28.3 Å². The van der Waals surface area contributed by atoms with E-state index in [1.807, 2.05) is 0 Å². The summed E-state index contributed by atoms with van der Waals surface area (Å²) in [6.45, 7) is 5.56. The number of benzene rings is 1. The number of aromatic carboxylic acids is 1. The van der Waals surface area contributed by atoms with E-state index in [9.17, 15) is 9.59 Å². The topological polar surface area (TPSA) is 75.6 Å². The molecule has 6 heteroatoms. The molecule has 0 radical (unpaired) electrons. The number of ether oxygens (including phenoxy) is 1. The first kappa shape index (κ1) is 16.3. The predicted molar refractivity (Wildman–Crippen MR) is 76.3 cm³/mol. The van der Waals surface area contributed by atoms with Gasteiger partial charge in [-0.2, -0.15) is 0 Å². The molecule has 0 unspecified atom stereocenters. The van der Waals surface area contributed by atoms with E-state index in [2.05, 4.69) is 5.32 Å². The van der Waals surface area contributed by atoms with E-state index < -0.39 is 11.4 Å². The van der Waals surface area contributed by atoms with Crippen LogP contribution in [0.1, 0.15) is 36.7 Å². The molecule has 1 amide bonds. The zero-order valence-electron chi connectivity index (χ0n) is 11.9. The second-order valence-corrected chi connectivity index (χ2v) is 5.76. The average molecular weight is 300 g/mol. The van der Waals surface area contributed by atoms with Crippen LogP contribution in [-0.4, -0.2) is 24.1 Å². The summed E-state index contributed by atoms with van der Waals surface area (Å²) < 4.78 is 5.12. The molecule has 0 aliphatic rings. The summed E-state index contributed by atoms with van der Waals surface area (Å²) in [4.78, 5) is 23.0. The molecule has 110 valence electrons. The lowest BCUT2D eigenvalue weighted by Gasteiger charge is -2.19. The van der Waals surface area contributed by atoms with Crippen molar-refractivity contribution in [3.63, 3.8) is 0 Å². The van der Waals surface area contributed by atoms with Crippen molar-refractivity contribution < 1.29 is 19.4 Å². The van der Waals surface area contributed by atoms with Gasteiger partial charge in [0.05, 0.1) is 12.1 Å². The van der Waals surface area contributed by atoms with E-state index in [1.54, 1.807) is 26.8 Å². The van der Waals surface area contributed by atoms with Gasteiger partial charge < -0.3 is 15.2 Å². The summed E-state index contributed by atoms with van der Waals surface area (Å²) in [6, 6.07) is 3.11. The number of methoxy groups -OCH3 is 1. The minimum Gasteiger partial charge on any atom is -0.495 e. The Balaban J connectivity index is 3.05. The van der Waals surface area contributed by atoms with Gasteiger partial charge in [0.1, 0.15) is 11.3 Å². The van der Waals surface area contributed by atoms with Gasteiger partial charge in [0, 0.05) is 17.5 Å². The number of rotatable bonds is 4. The molecule has 0 heterocycles. The summed E-state index contributed by atoms with van der Waals surface area (Å²) in [5, 5.41) is 12.0. The highest BCUT2D eigenvalue weighted by atomic mass is 35.5. The van der Waals surface area contributed by atoms with Crippen molar-refractivity contribution in [1.29, 1.82) is 0 Å². The molecule has 20 heavy (non-hydrogen) atoms. The molecule has 2 N–H and O–H groups in total. The first-order valence-electron chi connectivity index (χ1n) is 6.05. The molecule has 0 aliphatic carbocycles. The molecule has 0 spiro atoms. The third kappa shape index (κ3) is 3.63. The number of hydrogen-bond donors (Lipinski definition) is 2. The lowest BCUT2D eigenvalue weighted by atomic mass is 9.95. The summed E-state index contributed by atoms with van der Waals surface area (Å²) in [5.74, 6) is -1.14. The third-order valence-corrected chi connectivity index (χ3v) is 3.04. The standard InChI is InChI=1S/C14H18ClNO4/c1-14(2,3)13(19)16-7-8-5-6-9(15)10(12(17)18)11(8)20-4/h5-6H,7H2,1-4H3,(H,16,19)(H,17,18). The number of hydrogen-bond acceptors (Lipinski definition) is 3. The molecule has 0 aromatic heterocycles. The third-order valence-electron chi connectivity index (χ3n) is 2.73. The monoisotopic (exact) mass is 299 g/mol. The normalized spacial score (nSPS) is 11.1. The second kappa shape index (κ2) is 6.13. The van der Waals surface area contributed by atoms with E-state index in [-0.39, 0.29) is 28.8 Å². The Kier molecular flexibility index (Phi) is 5.00. The average Bonchev–Trinajstić information content (AvgIpc) is 2.34. The van der Waals surface area contributed by atoms with Gasteiger partial charge in [-0.1, -0.05) is 38.4 Å². The summed E-state index contributed by atoms with van der Waals surface area (Å²) in [6.07, 6.45) is 0. The van der Waals surface area contributed by atoms with Gasteiger partial charge >= 0.3 is 5.97 Å². The number of carboxylic acid groups (broad SMARTS) is 1. The molecule has 0 atom stereocenters. The van der Waals surface area contributed by atoms with Crippen LogP contribution < -0.4 is 10.1 Å². The number of carboxylic acids is 1. The number of carbonyl (C=O) groups is 2. The van der Waals surface area contributed by atoms with E-state index in [1.165, 1.54) is 13.2 Å². The highest BCUT2D eigenvalue weighted by Crippen LogP contribution is 2.30. The minimum atomic E-state index is -1.17. The van der Waals surface area contributed by atoms with Crippen LogP contribution in [0.4, 0.5) is 0 Å². The van der Waals surface area contributed by atoms with E-state index >= 15 is 0 Å². The lowest BCUT2D eigenvalue weighted by molar-refractivity contribution is -0.128. The van der Waals surface area contributed by atoms with Gasteiger partial charge in [-0.15, -0.1) is 0 Å². The number of carbonyl (C=O) groups excluding carboxylic acids is 1. The van der Waals surface area contributed by atoms with Crippen molar-refractivity contribution in [1.82, 2.24) is 5.32 Å². The van der Waals surface area contributed by atoms with Crippen molar-refractivity contribution in [2.75, 3.05) is 7.11 Å². The van der Waals surface area contributed by atoms with Crippen LogP contribution in [0.3, 0.4) is 0 Å². The smallest absolute Gasteiger partial charge is 0.341 e. The Hall–Kier alpha value is -1.75. The maximum Gasteiger partial charge on any atom is 0.341 e. The minimum absolute atomic E-state index is 0.0975. The Bertz CT molecular complexity index is 535. The van der Waals surface area contributed by atoms with Gasteiger partial charge in [-0.3, -0.25) is 4.79 Å². The van der Waals surface area contributed by atoms with Gasteiger partial charge in [0.2, 0.25) is 5.91 Å². The Morgan fingerprint density at radius 2 is 1.95 bits per heavy atom. The quantitative estimate of drug-likeness (QED) is 0.896. The van der Waals surface area contributed by atoms with Crippen molar-refractivity contribution in [2.24, 2.45) is 5.41 Å². The number of halogens is 1. The fraction of sp³-hybridized carbons (Fsp3) is 0.429. The van der Waals surface area contributed by atoms with Gasteiger partial charge in [-0.25, -0.2) is 4.79 Å². The lowest BCUT2D eigenvalue weighted by Crippen LogP contribution is -2.34. The fourth-order valence-electron chi connectivity index (χ4n) is 1.61. The van der Waals surface area contributed by atoms with Crippen LogP contribution in [0, 0.1) is 5.41 Å². The van der Waals surface area contributed by atoms with Crippen molar-refractivity contribution in [3.8, 4) is 5.75 Å². The van der Waals surface area contributed by atoms with Crippen LogP contribution in [0.25, 0.3) is 0 Å². The van der Waals surface area contributed by atoms with Crippen LogP contribution in [0.15, 0.2) is 12.1 Å². The summed E-state index contributed by atoms with van der Waals surface area (Å²) in [7, 11) is 1.37. The first-order chi connectivity index (χ1) is 9.18. The molecular formula is C14H18ClNO4. The highest BCUT2D eigenvalue weighted by molar-refractivity contribution is 6.34.